The molecule has 0 aliphatic heterocycles. The van der Waals surface area contributed by atoms with Crippen LogP contribution < -0.4 is 16.4 Å². The highest BCUT2D eigenvalue weighted by molar-refractivity contribution is 5.85. The molecular formula is C17H26ClN3O2. The summed E-state index contributed by atoms with van der Waals surface area (Å²) in [6.07, 6.45) is 6.63. The van der Waals surface area contributed by atoms with Crippen molar-refractivity contribution in [3.05, 3.63) is 29.8 Å². The fourth-order valence-electron chi connectivity index (χ4n) is 2.80. The van der Waals surface area contributed by atoms with Crippen molar-refractivity contribution in [3.63, 3.8) is 0 Å². The van der Waals surface area contributed by atoms with E-state index in [1.54, 1.807) is 0 Å². The number of anilines is 1. The Morgan fingerprint density at radius 2 is 1.78 bits per heavy atom. The molecule has 5 nitrogen and oxygen atoms in total. The number of carbonyl (C=O) groups is 2. The quantitative estimate of drug-likeness (QED) is 0.694. The van der Waals surface area contributed by atoms with Gasteiger partial charge in [-0.05, 0) is 30.9 Å². The molecule has 1 aliphatic rings. The summed E-state index contributed by atoms with van der Waals surface area (Å²) in [5.74, 6) is -0.221. The molecule has 1 saturated carbocycles. The maximum absolute atomic E-state index is 11.8. The summed E-state index contributed by atoms with van der Waals surface area (Å²) in [4.78, 5) is 23.6. The van der Waals surface area contributed by atoms with Crippen LogP contribution in [0.5, 0.6) is 0 Å². The minimum atomic E-state index is -0.123. The monoisotopic (exact) mass is 339 g/mol. The zero-order chi connectivity index (χ0) is 15.8. The van der Waals surface area contributed by atoms with E-state index in [9.17, 15) is 9.59 Å². The highest BCUT2D eigenvalue weighted by Gasteiger charge is 2.15. The summed E-state index contributed by atoms with van der Waals surface area (Å²) in [5, 5.41) is 5.65. The number of hydrogen-bond acceptors (Lipinski definition) is 3. The number of benzene rings is 1. The Labute approximate surface area is 143 Å². The Morgan fingerprint density at radius 1 is 1.09 bits per heavy atom. The maximum atomic E-state index is 11.8. The Morgan fingerprint density at radius 3 is 2.48 bits per heavy atom. The first kappa shape index (κ1) is 19.3. The molecule has 0 unspecified atom stereocenters. The lowest BCUT2D eigenvalue weighted by Gasteiger charge is -2.22. The van der Waals surface area contributed by atoms with Crippen LogP contribution in [-0.2, 0) is 16.0 Å². The van der Waals surface area contributed by atoms with E-state index in [1.165, 1.54) is 19.3 Å². The standard InChI is InChI=1S/C17H25N3O2.ClH/c18-15-9-5-4-6-13(15)10-11-16(21)19-12-17(22)20-14-7-2-1-3-8-14;/h4-6,9,14H,1-3,7-8,10-12,18H2,(H,19,21)(H,20,22);1H. The van der Waals surface area contributed by atoms with Crippen molar-refractivity contribution in [1.82, 2.24) is 10.6 Å². The number of rotatable bonds is 6. The van der Waals surface area contributed by atoms with E-state index < -0.39 is 0 Å². The van der Waals surface area contributed by atoms with E-state index in [0.29, 0.717) is 18.5 Å². The molecule has 0 saturated heterocycles. The molecule has 2 rings (SSSR count). The summed E-state index contributed by atoms with van der Waals surface area (Å²) in [5.41, 5.74) is 7.50. The fourth-order valence-corrected chi connectivity index (χ4v) is 2.80. The van der Waals surface area contributed by atoms with Crippen molar-refractivity contribution in [2.45, 2.75) is 51.0 Å². The normalized spacial score (nSPS) is 14.6. The lowest BCUT2D eigenvalue weighted by Crippen LogP contribution is -2.42. The summed E-state index contributed by atoms with van der Waals surface area (Å²) in [7, 11) is 0. The zero-order valence-electron chi connectivity index (χ0n) is 13.3. The number of halogens is 1. The molecule has 1 aromatic rings. The third-order valence-corrected chi connectivity index (χ3v) is 4.09. The van der Waals surface area contributed by atoms with Gasteiger partial charge >= 0.3 is 0 Å². The van der Waals surface area contributed by atoms with E-state index in [-0.39, 0.29) is 36.8 Å². The van der Waals surface area contributed by atoms with Crippen molar-refractivity contribution in [2.24, 2.45) is 0 Å². The Hall–Kier alpha value is -1.75. The molecule has 2 amide bonds. The van der Waals surface area contributed by atoms with Gasteiger partial charge in [0.2, 0.25) is 11.8 Å². The third-order valence-electron chi connectivity index (χ3n) is 4.09. The Kier molecular flexibility index (Phi) is 8.48. The van der Waals surface area contributed by atoms with Gasteiger partial charge in [0.25, 0.3) is 0 Å². The number of hydrogen-bond donors (Lipinski definition) is 3. The highest BCUT2D eigenvalue weighted by atomic mass is 35.5. The molecule has 0 spiro atoms. The molecule has 0 radical (unpaired) electrons. The molecule has 0 bridgehead atoms. The molecule has 23 heavy (non-hydrogen) atoms. The molecule has 0 aromatic heterocycles. The number of aryl methyl sites for hydroxylation is 1. The van der Waals surface area contributed by atoms with Crippen molar-refractivity contribution < 1.29 is 9.59 Å². The number of para-hydroxylation sites is 1. The van der Waals surface area contributed by atoms with Crippen LogP contribution in [0.4, 0.5) is 5.69 Å². The molecule has 0 heterocycles. The second-order valence-corrected chi connectivity index (χ2v) is 5.88. The fraction of sp³-hybridized carbons (Fsp3) is 0.529. The maximum Gasteiger partial charge on any atom is 0.239 e. The van der Waals surface area contributed by atoms with Crippen molar-refractivity contribution >= 4 is 29.9 Å². The van der Waals surface area contributed by atoms with Gasteiger partial charge in [0.1, 0.15) is 0 Å². The summed E-state index contributed by atoms with van der Waals surface area (Å²) >= 11 is 0. The first-order valence-corrected chi connectivity index (χ1v) is 8.04. The number of amides is 2. The summed E-state index contributed by atoms with van der Waals surface area (Å²) < 4.78 is 0. The van der Waals surface area contributed by atoms with Gasteiger partial charge in [-0.3, -0.25) is 9.59 Å². The van der Waals surface area contributed by atoms with Crippen LogP contribution in [0.15, 0.2) is 24.3 Å². The molecule has 1 aliphatic carbocycles. The van der Waals surface area contributed by atoms with Gasteiger partial charge < -0.3 is 16.4 Å². The van der Waals surface area contributed by atoms with Crippen LogP contribution in [0.3, 0.4) is 0 Å². The zero-order valence-corrected chi connectivity index (χ0v) is 14.2. The van der Waals surface area contributed by atoms with Crippen molar-refractivity contribution in [3.8, 4) is 0 Å². The van der Waals surface area contributed by atoms with Gasteiger partial charge in [0, 0.05) is 18.2 Å². The second kappa shape index (κ2) is 10.1. The molecule has 4 N–H and O–H groups in total. The van der Waals surface area contributed by atoms with E-state index in [4.69, 9.17) is 5.73 Å². The van der Waals surface area contributed by atoms with E-state index in [2.05, 4.69) is 10.6 Å². The predicted molar refractivity (Wildman–Crippen MR) is 94.4 cm³/mol. The van der Waals surface area contributed by atoms with Crippen LogP contribution in [-0.4, -0.2) is 24.4 Å². The lowest BCUT2D eigenvalue weighted by atomic mass is 9.95. The topological polar surface area (TPSA) is 84.2 Å². The van der Waals surface area contributed by atoms with Crippen LogP contribution in [0, 0.1) is 0 Å². The van der Waals surface area contributed by atoms with Crippen molar-refractivity contribution in [2.75, 3.05) is 12.3 Å². The molecule has 128 valence electrons. The Balaban J connectivity index is 0.00000264. The lowest BCUT2D eigenvalue weighted by molar-refractivity contribution is -0.126. The first-order valence-electron chi connectivity index (χ1n) is 8.04. The predicted octanol–water partition coefficient (Wildman–Crippen LogP) is 2.19. The summed E-state index contributed by atoms with van der Waals surface area (Å²) in [6.45, 7) is 0.0552. The molecule has 6 heteroatoms. The minimum Gasteiger partial charge on any atom is -0.399 e. The smallest absolute Gasteiger partial charge is 0.239 e. The molecule has 1 aromatic carbocycles. The van der Waals surface area contributed by atoms with Crippen LogP contribution >= 0.6 is 12.4 Å². The van der Waals surface area contributed by atoms with Gasteiger partial charge in [-0.15, -0.1) is 12.4 Å². The van der Waals surface area contributed by atoms with Crippen LogP contribution in [0.2, 0.25) is 0 Å². The third kappa shape index (κ3) is 6.91. The van der Waals surface area contributed by atoms with Gasteiger partial charge in [-0.1, -0.05) is 37.5 Å². The average Bonchev–Trinajstić information content (AvgIpc) is 2.53. The average molecular weight is 340 g/mol. The minimum absolute atomic E-state index is 0. The van der Waals surface area contributed by atoms with Crippen LogP contribution in [0.1, 0.15) is 44.1 Å². The van der Waals surface area contributed by atoms with E-state index in [1.807, 2.05) is 24.3 Å². The molecule has 0 atom stereocenters. The summed E-state index contributed by atoms with van der Waals surface area (Å²) in [6, 6.07) is 7.79. The second-order valence-electron chi connectivity index (χ2n) is 5.88. The highest BCUT2D eigenvalue weighted by Crippen LogP contribution is 2.17. The van der Waals surface area contributed by atoms with Gasteiger partial charge in [0.05, 0.1) is 6.54 Å². The number of nitrogens with two attached hydrogens (primary N) is 1. The van der Waals surface area contributed by atoms with Gasteiger partial charge in [0.15, 0.2) is 0 Å². The number of nitrogens with one attached hydrogen (secondary N) is 2. The van der Waals surface area contributed by atoms with Crippen LogP contribution in [0.25, 0.3) is 0 Å². The van der Waals surface area contributed by atoms with Gasteiger partial charge in [-0.25, -0.2) is 0 Å². The van der Waals surface area contributed by atoms with Gasteiger partial charge in [-0.2, -0.15) is 0 Å². The van der Waals surface area contributed by atoms with E-state index >= 15 is 0 Å². The van der Waals surface area contributed by atoms with E-state index in [0.717, 1.165) is 18.4 Å². The molecular weight excluding hydrogens is 314 g/mol. The number of carbonyl (C=O) groups excluding carboxylic acids is 2. The number of nitrogen functional groups attached to an aromatic ring is 1. The van der Waals surface area contributed by atoms with Crippen molar-refractivity contribution in [1.29, 1.82) is 0 Å². The SMILES string of the molecule is Cl.Nc1ccccc1CCC(=O)NCC(=O)NC1CCCCC1. The largest absolute Gasteiger partial charge is 0.399 e. The first-order chi connectivity index (χ1) is 10.6. The molecule has 1 fully saturated rings. The Bertz CT molecular complexity index is 516.